The van der Waals surface area contributed by atoms with E-state index in [9.17, 15) is 4.79 Å². The molecule has 4 heteroatoms. The van der Waals surface area contributed by atoms with Crippen molar-refractivity contribution in [3.8, 4) is 5.69 Å². The highest BCUT2D eigenvalue weighted by Crippen LogP contribution is 2.38. The molecule has 0 amide bonds. The molecule has 1 saturated carbocycles. The van der Waals surface area contributed by atoms with Crippen molar-refractivity contribution in [3.05, 3.63) is 47.1 Å². The van der Waals surface area contributed by atoms with Crippen LogP contribution >= 0.6 is 0 Å². The van der Waals surface area contributed by atoms with E-state index in [0.717, 1.165) is 11.4 Å². The Morgan fingerprint density at radius 2 is 2.05 bits per heavy atom. The summed E-state index contributed by atoms with van der Waals surface area (Å²) in [4.78, 5) is 14.2. The largest absolute Gasteiger partial charge is 0.382 e. The van der Waals surface area contributed by atoms with E-state index >= 15 is 0 Å². The number of anilines is 1. The number of aromatic nitrogens is 2. The van der Waals surface area contributed by atoms with Crippen LogP contribution in [0.4, 0.5) is 5.69 Å². The second-order valence-corrected chi connectivity index (χ2v) is 6.26. The van der Waals surface area contributed by atoms with Crippen molar-refractivity contribution in [1.82, 2.24) is 9.55 Å². The molecule has 1 unspecified atom stereocenters. The number of aromatic amines is 1. The number of rotatable bonds is 3. The molecule has 1 aromatic carbocycles. The third-order valence-electron chi connectivity index (χ3n) is 4.39. The van der Waals surface area contributed by atoms with Crippen LogP contribution in [0, 0.1) is 5.41 Å². The van der Waals surface area contributed by atoms with Gasteiger partial charge in [0, 0.05) is 24.1 Å². The SMILES string of the molecule is CC1(C)CCCC1Nc1ccc(-n2cc[nH]c2=O)cc1. The van der Waals surface area contributed by atoms with Gasteiger partial charge in [0.1, 0.15) is 0 Å². The fourth-order valence-electron chi connectivity index (χ4n) is 3.04. The van der Waals surface area contributed by atoms with Gasteiger partial charge in [0.15, 0.2) is 0 Å². The van der Waals surface area contributed by atoms with Crippen molar-refractivity contribution in [3.63, 3.8) is 0 Å². The molecule has 0 saturated heterocycles. The summed E-state index contributed by atoms with van der Waals surface area (Å²) in [6.07, 6.45) is 7.19. The lowest BCUT2D eigenvalue weighted by Crippen LogP contribution is -2.30. The van der Waals surface area contributed by atoms with E-state index in [0.29, 0.717) is 11.5 Å². The number of imidazole rings is 1. The van der Waals surface area contributed by atoms with E-state index in [1.807, 2.05) is 24.3 Å². The van der Waals surface area contributed by atoms with Crippen molar-refractivity contribution < 1.29 is 0 Å². The highest BCUT2D eigenvalue weighted by atomic mass is 16.1. The molecule has 1 atom stereocenters. The van der Waals surface area contributed by atoms with Crippen LogP contribution in [0.25, 0.3) is 5.69 Å². The average molecular weight is 271 g/mol. The van der Waals surface area contributed by atoms with Crippen molar-refractivity contribution in [2.75, 3.05) is 5.32 Å². The summed E-state index contributed by atoms with van der Waals surface area (Å²) >= 11 is 0. The van der Waals surface area contributed by atoms with Crippen molar-refractivity contribution in [1.29, 1.82) is 0 Å². The lowest BCUT2D eigenvalue weighted by molar-refractivity contribution is 0.350. The molecule has 4 nitrogen and oxygen atoms in total. The summed E-state index contributed by atoms with van der Waals surface area (Å²) in [5, 5.41) is 3.62. The van der Waals surface area contributed by atoms with Crippen molar-refractivity contribution >= 4 is 5.69 Å². The zero-order valence-corrected chi connectivity index (χ0v) is 12.0. The fraction of sp³-hybridized carbons (Fsp3) is 0.438. The second kappa shape index (κ2) is 4.85. The molecule has 1 fully saturated rings. The van der Waals surface area contributed by atoms with Crippen LogP contribution in [0.3, 0.4) is 0 Å². The summed E-state index contributed by atoms with van der Waals surface area (Å²) in [6.45, 7) is 4.65. The second-order valence-electron chi connectivity index (χ2n) is 6.26. The predicted molar refractivity (Wildman–Crippen MR) is 81.4 cm³/mol. The molecular formula is C16H21N3O. The molecule has 2 N–H and O–H groups in total. The standard InChI is InChI=1S/C16H21N3O/c1-16(2)9-3-4-14(16)18-12-5-7-13(8-6-12)19-11-10-17-15(19)20/h5-8,10-11,14,18H,3-4,9H2,1-2H3,(H,17,20). The van der Waals surface area contributed by atoms with Gasteiger partial charge >= 0.3 is 5.69 Å². The quantitative estimate of drug-likeness (QED) is 0.901. The van der Waals surface area contributed by atoms with Gasteiger partial charge in [0.2, 0.25) is 0 Å². The number of benzene rings is 1. The van der Waals surface area contributed by atoms with Gasteiger partial charge in [0.05, 0.1) is 5.69 Å². The summed E-state index contributed by atoms with van der Waals surface area (Å²) < 4.78 is 1.60. The summed E-state index contributed by atoms with van der Waals surface area (Å²) in [6, 6.07) is 8.56. The topological polar surface area (TPSA) is 49.8 Å². The molecule has 3 rings (SSSR count). The molecular weight excluding hydrogens is 250 g/mol. The molecule has 1 aliphatic carbocycles. The lowest BCUT2D eigenvalue weighted by atomic mass is 9.87. The Balaban J connectivity index is 1.77. The minimum absolute atomic E-state index is 0.109. The van der Waals surface area contributed by atoms with Gasteiger partial charge < -0.3 is 10.3 Å². The Morgan fingerprint density at radius 1 is 1.30 bits per heavy atom. The lowest BCUT2D eigenvalue weighted by Gasteiger charge is -2.28. The zero-order chi connectivity index (χ0) is 14.2. The molecule has 106 valence electrons. The van der Waals surface area contributed by atoms with Gasteiger partial charge in [0.25, 0.3) is 0 Å². The third kappa shape index (κ3) is 2.38. The van der Waals surface area contributed by atoms with Crippen molar-refractivity contribution in [2.45, 2.75) is 39.2 Å². The van der Waals surface area contributed by atoms with Crippen LogP contribution in [0.2, 0.25) is 0 Å². The molecule has 1 aliphatic rings. The maximum absolute atomic E-state index is 11.6. The van der Waals surface area contributed by atoms with E-state index in [1.54, 1.807) is 17.0 Å². The number of hydrogen-bond acceptors (Lipinski definition) is 2. The molecule has 0 spiro atoms. The third-order valence-corrected chi connectivity index (χ3v) is 4.39. The monoisotopic (exact) mass is 271 g/mol. The first-order valence-corrected chi connectivity index (χ1v) is 7.19. The minimum atomic E-state index is -0.109. The first-order chi connectivity index (χ1) is 9.56. The summed E-state index contributed by atoms with van der Waals surface area (Å²) in [5.41, 5.74) is 2.25. The minimum Gasteiger partial charge on any atom is -0.382 e. The van der Waals surface area contributed by atoms with Crippen molar-refractivity contribution in [2.24, 2.45) is 5.41 Å². The van der Waals surface area contributed by atoms with Gasteiger partial charge in [-0.15, -0.1) is 0 Å². The van der Waals surface area contributed by atoms with Crippen LogP contribution in [-0.4, -0.2) is 15.6 Å². The van der Waals surface area contributed by atoms with Gasteiger partial charge in [-0.3, -0.25) is 4.57 Å². The molecule has 0 radical (unpaired) electrons. The molecule has 1 heterocycles. The van der Waals surface area contributed by atoms with E-state index in [1.165, 1.54) is 19.3 Å². The first-order valence-electron chi connectivity index (χ1n) is 7.19. The number of hydrogen-bond donors (Lipinski definition) is 2. The molecule has 0 aliphatic heterocycles. The highest BCUT2D eigenvalue weighted by molar-refractivity contribution is 5.49. The molecule has 1 aromatic heterocycles. The Hall–Kier alpha value is -1.97. The van der Waals surface area contributed by atoms with E-state index in [-0.39, 0.29) is 5.69 Å². The summed E-state index contributed by atoms with van der Waals surface area (Å²) in [7, 11) is 0. The number of nitrogens with zero attached hydrogens (tertiary/aromatic N) is 1. The van der Waals surface area contributed by atoms with Gasteiger partial charge in [-0.1, -0.05) is 20.3 Å². The number of nitrogens with one attached hydrogen (secondary N) is 2. The van der Waals surface area contributed by atoms with Crippen LogP contribution in [0.5, 0.6) is 0 Å². The van der Waals surface area contributed by atoms with E-state index < -0.39 is 0 Å². The first kappa shape index (κ1) is 13.0. The Bertz CT molecular complexity index is 636. The van der Waals surface area contributed by atoms with Gasteiger partial charge in [-0.25, -0.2) is 4.79 Å². The van der Waals surface area contributed by atoms with Crippen LogP contribution in [0.1, 0.15) is 33.1 Å². The Kier molecular flexibility index (Phi) is 3.16. The molecule has 2 aromatic rings. The average Bonchev–Trinajstić information content (AvgIpc) is 2.97. The van der Waals surface area contributed by atoms with Crippen LogP contribution in [-0.2, 0) is 0 Å². The highest BCUT2D eigenvalue weighted by Gasteiger charge is 2.34. The maximum Gasteiger partial charge on any atom is 0.330 e. The Labute approximate surface area is 118 Å². The van der Waals surface area contributed by atoms with Gasteiger partial charge in [-0.2, -0.15) is 0 Å². The Morgan fingerprint density at radius 3 is 2.60 bits per heavy atom. The van der Waals surface area contributed by atoms with Crippen LogP contribution in [0.15, 0.2) is 41.5 Å². The normalized spacial score (nSPS) is 21.0. The molecule has 20 heavy (non-hydrogen) atoms. The number of H-pyrrole nitrogens is 1. The fourth-order valence-corrected chi connectivity index (χ4v) is 3.04. The zero-order valence-electron chi connectivity index (χ0n) is 12.0. The molecule has 0 bridgehead atoms. The smallest absolute Gasteiger partial charge is 0.330 e. The van der Waals surface area contributed by atoms with Gasteiger partial charge in [-0.05, 0) is 42.5 Å². The van der Waals surface area contributed by atoms with E-state index in [4.69, 9.17) is 0 Å². The summed E-state index contributed by atoms with van der Waals surface area (Å²) in [5.74, 6) is 0. The maximum atomic E-state index is 11.6. The van der Waals surface area contributed by atoms with E-state index in [2.05, 4.69) is 24.1 Å². The van der Waals surface area contributed by atoms with Crippen LogP contribution < -0.4 is 11.0 Å². The predicted octanol–water partition coefficient (Wildman–Crippen LogP) is 3.16.